The first-order chi connectivity index (χ1) is 19.3. The Labute approximate surface area is 240 Å². The molecule has 0 saturated carbocycles. The number of nitrogens with zero attached hydrogens (tertiary/aromatic N) is 4. The first kappa shape index (κ1) is 27.5. The van der Waals surface area contributed by atoms with Gasteiger partial charge in [-0.05, 0) is 37.6 Å². The van der Waals surface area contributed by atoms with E-state index in [1.807, 2.05) is 31.2 Å². The molecule has 0 aliphatic carbocycles. The van der Waals surface area contributed by atoms with E-state index in [-0.39, 0.29) is 41.1 Å². The number of amides is 2. The second kappa shape index (κ2) is 11.6. The minimum Gasteiger partial charge on any atom is -0.466 e. The summed E-state index contributed by atoms with van der Waals surface area (Å²) in [4.78, 5) is 60.6. The Bertz CT molecular complexity index is 1600. The molecule has 1 aromatic carbocycles. The topological polar surface area (TPSA) is 113 Å². The van der Waals surface area contributed by atoms with Gasteiger partial charge >= 0.3 is 5.97 Å². The van der Waals surface area contributed by atoms with Crippen LogP contribution in [-0.4, -0.2) is 62.1 Å². The Morgan fingerprint density at radius 2 is 1.98 bits per heavy atom. The summed E-state index contributed by atoms with van der Waals surface area (Å²) in [5, 5.41) is 2.77. The van der Waals surface area contributed by atoms with Gasteiger partial charge in [0.05, 0.1) is 30.0 Å². The van der Waals surface area contributed by atoms with Gasteiger partial charge in [0, 0.05) is 19.3 Å². The van der Waals surface area contributed by atoms with E-state index in [0.29, 0.717) is 29.6 Å². The maximum Gasteiger partial charge on any atom is 0.308 e. The number of pyridine rings is 1. The molecule has 40 heavy (non-hydrogen) atoms. The van der Waals surface area contributed by atoms with Crippen molar-refractivity contribution in [2.45, 2.75) is 32.9 Å². The predicted molar refractivity (Wildman–Crippen MR) is 157 cm³/mol. The molecule has 0 radical (unpaired) electrons. The number of carbonyl (C=O) groups excluding carboxylic acids is 3. The van der Waals surface area contributed by atoms with Gasteiger partial charge < -0.3 is 15.0 Å². The van der Waals surface area contributed by atoms with Crippen molar-refractivity contribution >= 4 is 63.6 Å². The number of hydrogen-bond acceptors (Lipinski definition) is 9. The molecule has 1 N–H and O–H groups in total. The summed E-state index contributed by atoms with van der Waals surface area (Å²) >= 11 is 6.63. The number of ether oxygens (including phenoxy) is 1. The average molecular weight is 578 g/mol. The lowest BCUT2D eigenvalue weighted by atomic mass is 10.1. The molecule has 3 aromatic rings. The van der Waals surface area contributed by atoms with Gasteiger partial charge in [0.15, 0.2) is 0 Å². The highest BCUT2D eigenvalue weighted by Crippen LogP contribution is 2.35. The first-order valence-corrected chi connectivity index (χ1v) is 14.0. The number of fused-ring (bicyclic) bond motifs is 1. The Kier molecular flexibility index (Phi) is 7.99. The number of anilines is 1. The first-order valence-electron chi connectivity index (χ1n) is 12.8. The number of aromatic nitrogens is 2. The lowest BCUT2D eigenvalue weighted by Crippen LogP contribution is -2.57. The molecule has 2 saturated heterocycles. The largest absolute Gasteiger partial charge is 0.466 e. The Morgan fingerprint density at radius 3 is 2.73 bits per heavy atom. The molecule has 2 aliphatic heterocycles. The van der Waals surface area contributed by atoms with E-state index in [1.165, 1.54) is 15.4 Å². The number of thioether (sulfide) groups is 1. The SMILES string of the molecule is CCOC(=O)C[C@@H]1C(=O)NCCN1c1nc2ccccn2c(=O)c1/C=C1/SC(=S)N(Cc2ccc(C)cc2)C1=O. The van der Waals surface area contributed by atoms with Crippen molar-refractivity contribution in [2.75, 3.05) is 24.6 Å². The number of thiocarbonyl (C=S) groups is 1. The lowest BCUT2D eigenvalue weighted by molar-refractivity contribution is -0.145. The predicted octanol–water partition coefficient (Wildman–Crippen LogP) is 2.66. The van der Waals surface area contributed by atoms with E-state index in [1.54, 1.807) is 36.2 Å². The van der Waals surface area contributed by atoms with Gasteiger partial charge in [0.25, 0.3) is 11.5 Å². The van der Waals surface area contributed by atoms with Crippen LogP contribution < -0.4 is 15.8 Å². The number of benzene rings is 1. The summed E-state index contributed by atoms with van der Waals surface area (Å²) in [7, 11) is 0. The monoisotopic (exact) mass is 577 g/mol. The molecule has 206 valence electrons. The Morgan fingerprint density at radius 1 is 1.20 bits per heavy atom. The Balaban J connectivity index is 1.57. The van der Waals surface area contributed by atoms with Crippen LogP contribution in [0, 0.1) is 6.92 Å². The number of carbonyl (C=O) groups is 3. The summed E-state index contributed by atoms with van der Waals surface area (Å²) in [6.45, 7) is 4.77. The molecule has 0 spiro atoms. The van der Waals surface area contributed by atoms with Crippen LogP contribution in [-0.2, 0) is 25.7 Å². The molecule has 1 atom stereocenters. The average Bonchev–Trinajstić information content (AvgIpc) is 3.20. The molecule has 10 nitrogen and oxygen atoms in total. The normalized spacial score (nSPS) is 18.5. The van der Waals surface area contributed by atoms with Crippen LogP contribution in [0.5, 0.6) is 0 Å². The fraction of sp³-hybridized carbons (Fsp3) is 0.286. The molecule has 0 unspecified atom stereocenters. The summed E-state index contributed by atoms with van der Waals surface area (Å²) in [5.41, 5.74) is 2.12. The second-order valence-electron chi connectivity index (χ2n) is 9.35. The molecule has 0 bridgehead atoms. The van der Waals surface area contributed by atoms with Crippen LogP contribution in [0.2, 0.25) is 0 Å². The third-order valence-electron chi connectivity index (χ3n) is 6.63. The molecular weight excluding hydrogens is 550 g/mol. The molecule has 2 amide bonds. The highest BCUT2D eigenvalue weighted by atomic mass is 32.2. The van der Waals surface area contributed by atoms with Gasteiger partial charge in [-0.25, -0.2) is 4.98 Å². The van der Waals surface area contributed by atoms with Crippen molar-refractivity contribution in [3.63, 3.8) is 0 Å². The molecule has 2 aliphatic rings. The molecular formula is C28H27N5O5S2. The van der Waals surface area contributed by atoms with Crippen molar-refractivity contribution in [3.05, 3.63) is 80.6 Å². The van der Waals surface area contributed by atoms with Gasteiger partial charge in [-0.15, -0.1) is 0 Å². The van der Waals surface area contributed by atoms with Crippen molar-refractivity contribution < 1.29 is 19.1 Å². The van der Waals surface area contributed by atoms with Crippen LogP contribution in [0.1, 0.15) is 30.0 Å². The van der Waals surface area contributed by atoms with Crippen LogP contribution in [0.3, 0.4) is 0 Å². The van der Waals surface area contributed by atoms with E-state index < -0.39 is 17.6 Å². The molecule has 2 aromatic heterocycles. The standard InChI is InChI=1S/C28H27N5O5S2/c1-3-38-23(34)15-20-25(35)29-11-13-31(20)24-19(26(36)32-12-5-4-6-22(32)30-24)14-21-27(37)33(28(39)40-21)16-18-9-7-17(2)8-10-18/h4-10,12,14,20H,3,11,13,15-16H2,1-2H3,(H,29,35)/b21-14+/t20-/m1/s1. The minimum atomic E-state index is -0.936. The molecule has 5 rings (SSSR count). The van der Waals surface area contributed by atoms with Crippen molar-refractivity contribution in [1.29, 1.82) is 0 Å². The van der Waals surface area contributed by atoms with Crippen molar-refractivity contribution in [1.82, 2.24) is 19.6 Å². The second-order valence-corrected chi connectivity index (χ2v) is 11.0. The highest BCUT2D eigenvalue weighted by molar-refractivity contribution is 8.26. The smallest absolute Gasteiger partial charge is 0.308 e. The number of rotatable bonds is 7. The summed E-state index contributed by atoms with van der Waals surface area (Å²) in [6, 6.07) is 12.0. The lowest BCUT2D eigenvalue weighted by Gasteiger charge is -2.36. The van der Waals surface area contributed by atoms with E-state index in [2.05, 4.69) is 5.32 Å². The molecule has 12 heteroatoms. The quantitative estimate of drug-likeness (QED) is 0.257. The number of nitrogens with one attached hydrogen (secondary N) is 1. The van der Waals surface area contributed by atoms with Gasteiger partial charge in [0.1, 0.15) is 21.8 Å². The van der Waals surface area contributed by atoms with E-state index in [9.17, 15) is 19.2 Å². The minimum absolute atomic E-state index is 0.128. The summed E-state index contributed by atoms with van der Waals surface area (Å²) in [6.07, 6.45) is 2.87. The van der Waals surface area contributed by atoms with Gasteiger partial charge in [-0.3, -0.25) is 28.5 Å². The molecule has 2 fully saturated rings. The van der Waals surface area contributed by atoms with Crippen LogP contribution in [0.4, 0.5) is 5.82 Å². The number of aryl methyl sites for hydroxylation is 1. The number of hydrogen-bond donors (Lipinski definition) is 1. The van der Waals surface area contributed by atoms with Crippen molar-refractivity contribution in [2.24, 2.45) is 0 Å². The zero-order chi connectivity index (χ0) is 28.4. The van der Waals surface area contributed by atoms with E-state index in [0.717, 1.165) is 22.9 Å². The fourth-order valence-electron chi connectivity index (χ4n) is 4.63. The summed E-state index contributed by atoms with van der Waals surface area (Å²) < 4.78 is 6.85. The zero-order valence-electron chi connectivity index (χ0n) is 22.0. The third kappa shape index (κ3) is 5.50. The number of esters is 1. The van der Waals surface area contributed by atoms with E-state index in [4.69, 9.17) is 21.9 Å². The van der Waals surface area contributed by atoms with Crippen LogP contribution in [0.15, 0.2) is 58.4 Å². The van der Waals surface area contributed by atoms with Crippen LogP contribution >= 0.6 is 24.0 Å². The third-order valence-corrected chi connectivity index (χ3v) is 8.01. The maximum absolute atomic E-state index is 13.8. The molecule has 4 heterocycles. The van der Waals surface area contributed by atoms with Crippen molar-refractivity contribution in [3.8, 4) is 0 Å². The van der Waals surface area contributed by atoms with Gasteiger partial charge in [0.2, 0.25) is 5.91 Å². The maximum atomic E-state index is 13.8. The van der Waals surface area contributed by atoms with E-state index >= 15 is 0 Å². The van der Waals surface area contributed by atoms with Gasteiger partial charge in [-0.2, -0.15) is 0 Å². The van der Waals surface area contributed by atoms with Gasteiger partial charge in [-0.1, -0.05) is 59.9 Å². The number of piperazine rings is 1. The van der Waals surface area contributed by atoms with Crippen LogP contribution in [0.25, 0.3) is 11.7 Å². The fourth-order valence-corrected chi connectivity index (χ4v) is 5.87. The Hall–Kier alpha value is -4.03. The highest BCUT2D eigenvalue weighted by Gasteiger charge is 2.36. The summed E-state index contributed by atoms with van der Waals surface area (Å²) in [5.74, 6) is -1.02. The zero-order valence-corrected chi connectivity index (χ0v) is 23.6.